The Bertz CT molecular complexity index is 416. The molecule has 1 aliphatic rings. The van der Waals surface area contributed by atoms with Gasteiger partial charge in [-0.15, -0.1) is 0 Å². The van der Waals surface area contributed by atoms with Crippen molar-refractivity contribution >= 4 is 5.82 Å². The van der Waals surface area contributed by atoms with Crippen LogP contribution in [0.3, 0.4) is 0 Å². The fraction of sp³-hybridized carbons (Fsp3) is 0.733. The molecule has 112 valence electrons. The Morgan fingerprint density at radius 3 is 2.70 bits per heavy atom. The van der Waals surface area contributed by atoms with Gasteiger partial charge in [-0.2, -0.15) is 0 Å². The van der Waals surface area contributed by atoms with Crippen molar-refractivity contribution in [2.24, 2.45) is 0 Å². The van der Waals surface area contributed by atoms with E-state index >= 15 is 0 Å². The number of piperidine rings is 1. The van der Waals surface area contributed by atoms with Gasteiger partial charge in [0, 0.05) is 19.6 Å². The van der Waals surface area contributed by atoms with Gasteiger partial charge < -0.3 is 15.0 Å². The summed E-state index contributed by atoms with van der Waals surface area (Å²) in [4.78, 5) is 11.0. The summed E-state index contributed by atoms with van der Waals surface area (Å²) in [6.07, 6.45) is 5.99. The van der Waals surface area contributed by atoms with E-state index in [1.165, 1.54) is 0 Å². The third-order valence-corrected chi connectivity index (χ3v) is 3.75. The lowest BCUT2D eigenvalue weighted by Crippen LogP contribution is -2.36. The van der Waals surface area contributed by atoms with Crippen LogP contribution in [0.15, 0.2) is 6.33 Å². The summed E-state index contributed by atoms with van der Waals surface area (Å²) in [5, 5.41) is 3.36. The summed E-state index contributed by atoms with van der Waals surface area (Å²) in [6, 6.07) is 0. The van der Waals surface area contributed by atoms with Crippen molar-refractivity contribution in [2.45, 2.75) is 45.6 Å². The van der Waals surface area contributed by atoms with Crippen molar-refractivity contribution in [3.05, 3.63) is 11.9 Å². The molecule has 1 aromatic heterocycles. The number of aromatic nitrogens is 2. The van der Waals surface area contributed by atoms with Gasteiger partial charge in [-0.05, 0) is 32.7 Å². The number of likely N-dealkylation sites (tertiary alicyclic amines) is 1. The lowest BCUT2D eigenvalue weighted by Gasteiger charge is -2.29. The quantitative estimate of drug-likeness (QED) is 0.865. The number of nitrogens with zero attached hydrogens (tertiary/aromatic N) is 3. The first kappa shape index (κ1) is 15.0. The first-order chi connectivity index (χ1) is 9.74. The van der Waals surface area contributed by atoms with Crippen LogP contribution in [0, 0.1) is 0 Å². The highest BCUT2D eigenvalue weighted by Gasteiger charge is 2.20. The summed E-state index contributed by atoms with van der Waals surface area (Å²) in [5.74, 6) is 1.68. The van der Waals surface area contributed by atoms with E-state index in [-0.39, 0.29) is 6.10 Å². The maximum absolute atomic E-state index is 6.13. The van der Waals surface area contributed by atoms with Gasteiger partial charge in [-0.3, -0.25) is 0 Å². The first-order valence-corrected chi connectivity index (χ1v) is 7.67. The molecule has 2 heterocycles. The molecule has 0 spiro atoms. The van der Waals surface area contributed by atoms with Gasteiger partial charge in [0.05, 0.1) is 5.56 Å². The van der Waals surface area contributed by atoms with Crippen molar-refractivity contribution in [1.29, 1.82) is 0 Å². The SMILES string of the molecule is CCCNc1ncnc(OC2CCN(C)CC2)c1CC. The van der Waals surface area contributed by atoms with Crippen molar-refractivity contribution < 1.29 is 4.74 Å². The predicted octanol–water partition coefficient (Wildman–Crippen LogP) is 2.33. The number of rotatable bonds is 6. The smallest absolute Gasteiger partial charge is 0.222 e. The second-order valence-corrected chi connectivity index (χ2v) is 5.41. The Hall–Kier alpha value is -1.36. The van der Waals surface area contributed by atoms with Gasteiger partial charge in [0.25, 0.3) is 0 Å². The molecule has 1 aromatic rings. The normalized spacial score (nSPS) is 17.1. The van der Waals surface area contributed by atoms with E-state index in [1.807, 2.05) is 0 Å². The Labute approximate surface area is 121 Å². The van der Waals surface area contributed by atoms with Crippen molar-refractivity contribution in [3.63, 3.8) is 0 Å². The molecule has 0 radical (unpaired) electrons. The molecule has 5 nitrogen and oxygen atoms in total. The van der Waals surface area contributed by atoms with Crippen LogP contribution >= 0.6 is 0 Å². The lowest BCUT2D eigenvalue weighted by molar-refractivity contribution is 0.109. The highest BCUT2D eigenvalue weighted by molar-refractivity contribution is 5.48. The van der Waals surface area contributed by atoms with Crippen LogP contribution in [0.4, 0.5) is 5.82 Å². The standard InChI is InChI=1S/C15H26N4O/c1-4-8-16-14-13(5-2)15(18-11-17-14)20-12-6-9-19(3)10-7-12/h11-12H,4-10H2,1-3H3,(H,16,17,18). The van der Waals surface area contributed by atoms with Crippen molar-refractivity contribution in [2.75, 3.05) is 32.0 Å². The first-order valence-electron chi connectivity index (χ1n) is 7.67. The molecule has 0 aliphatic carbocycles. The topological polar surface area (TPSA) is 50.3 Å². The third kappa shape index (κ3) is 3.82. The van der Waals surface area contributed by atoms with Gasteiger partial charge in [-0.25, -0.2) is 9.97 Å². The van der Waals surface area contributed by atoms with Crippen molar-refractivity contribution in [3.8, 4) is 5.88 Å². The van der Waals surface area contributed by atoms with E-state index in [1.54, 1.807) is 6.33 Å². The molecule has 1 saturated heterocycles. The van der Waals surface area contributed by atoms with Crippen LogP contribution in [-0.4, -0.2) is 47.7 Å². The molecule has 5 heteroatoms. The molecule has 1 fully saturated rings. The summed E-state index contributed by atoms with van der Waals surface area (Å²) in [6.45, 7) is 7.39. The van der Waals surface area contributed by atoms with Crippen LogP contribution < -0.4 is 10.1 Å². The van der Waals surface area contributed by atoms with E-state index in [4.69, 9.17) is 4.74 Å². The largest absolute Gasteiger partial charge is 0.474 e. The Balaban J connectivity index is 2.06. The molecular formula is C15H26N4O. The van der Waals surface area contributed by atoms with E-state index in [2.05, 4.69) is 41.1 Å². The zero-order chi connectivity index (χ0) is 14.4. The molecule has 0 amide bonds. The molecule has 0 bridgehead atoms. The van der Waals surface area contributed by atoms with Crippen LogP contribution in [0.1, 0.15) is 38.7 Å². The van der Waals surface area contributed by atoms with Crippen LogP contribution in [-0.2, 0) is 6.42 Å². The van der Waals surface area contributed by atoms with E-state index in [0.717, 1.165) is 62.6 Å². The molecule has 1 aliphatic heterocycles. The monoisotopic (exact) mass is 278 g/mol. The average molecular weight is 278 g/mol. The highest BCUT2D eigenvalue weighted by atomic mass is 16.5. The number of hydrogen-bond donors (Lipinski definition) is 1. The molecule has 0 aromatic carbocycles. The zero-order valence-electron chi connectivity index (χ0n) is 12.9. The number of hydrogen-bond acceptors (Lipinski definition) is 5. The maximum atomic E-state index is 6.13. The molecule has 0 unspecified atom stereocenters. The molecular weight excluding hydrogens is 252 g/mol. The summed E-state index contributed by atoms with van der Waals surface area (Å²) in [7, 11) is 2.16. The number of nitrogens with one attached hydrogen (secondary N) is 1. The third-order valence-electron chi connectivity index (χ3n) is 3.75. The van der Waals surface area contributed by atoms with E-state index in [0.29, 0.717) is 0 Å². The minimum Gasteiger partial charge on any atom is -0.474 e. The summed E-state index contributed by atoms with van der Waals surface area (Å²) < 4.78 is 6.13. The maximum Gasteiger partial charge on any atom is 0.222 e. The summed E-state index contributed by atoms with van der Waals surface area (Å²) >= 11 is 0. The van der Waals surface area contributed by atoms with Crippen molar-refractivity contribution in [1.82, 2.24) is 14.9 Å². The minimum absolute atomic E-state index is 0.283. The van der Waals surface area contributed by atoms with Gasteiger partial charge in [-0.1, -0.05) is 13.8 Å². The summed E-state index contributed by atoms with van der Waals surface area (Å²) in [5.41, 5.74) is 1.10. The highest BCUT2D eigenvalue weighted by Crippen LogP contribution is 2.25. The van der Waals surface area contributed by atoms with Crippen LogP contribution in [0.25, 0.3) is 0 Å². The van der Waals surface area contributed by atoms with Gasteiger partial charge in [0.1, 0.15) is 18.2 Å². The van der Waals surface area contributed by atoms with Crippen LogP contribution in [0.2, 0.25) is 0 Å². The lowest BCUT2D eigenvalue weighted by atomic mass is 10.1. The molecule has 0 saturated carbocycles. The second-order valence-electron chi connectivity index (χ2n) is 5.41. The van der Waals surface area contributed by atoms with Gasteiger partial charge >= 0.3 is 0 Å². The Morgan fingerprint density at radius 1 is 1.30 bits per heavy atom. The Morgan fingerprint density at radius 2 is 2.05 bits per heavy atom. The number of anilines is 1. The van der Waals surface area contributed by atoms with E-state index in [9.17, 15) is 0 Å². The number of ether oxygens (including phenoxy) is 1. The molecule has 0 atom stereocenters. The molecule has 1 N–H and O–H groups in total. The predicted molar refractivity (Wildman–Crippen MR) is 81.3 cm³/mol. The average Bonchev–Trinajstić information content (AvgIpc) is 2.47. The fourth-order valence-corrected chi connectivity index (χ4v) is 2.47. The molecule has 2 rings (SSSR count). The van der Waals surface area contributed by atoms with E-state index < -0.39 is 0 Å². The fourth-order valence-electron chi connectivity index (χ4n) is 2.47. The second kappa shape index (κ2) is 7.43. The van der Waals surface area contributed by atoms with Gasteiger partial charge in [0.15, 0.2) is 0 Å². The van der Waals surface area contributed by atoms with Gasteiger partial charge in [0.2, 0.25) is 5.88 Å². The minimum atomic E-state index is 0.283. The van der Waals surface area contributed by atoms with Crippen LogP contribution in [0.5, 0.6) is 5.88 Å². The molecule has 20 heavy (non-hydrogen) atoms. The zero-order valence-corrected chi connectivity index (χ0v) is 12.9. The Kier molecular flexibility index (Phi) is 5.59.